The molecule has 2 aromatic heterocycles. The lowest BCUT2D eigenvalue weighted by molar-refractivity contribution is -0.123. The molecule has 2 saturated heterocycles. The Morgan fingerprint density at radius 1 is 1.17 bits per heavy atom. The maximum Gasteiger partial charge on any atom is 0.246 e. The highest BCUT2D eigenvalue weighted by Gasteiger charge is 2.49. The van der Waals surface area contributed by atoms with Crippen LogP contribution < -0.4 is 25.8 Å². The van der Waals surface area contributed by atoms with Gasteiger partial charge in [0.05, 0.1) is 23.5 Å². The van der Waals surface area contributed by atoms with Crippen molar-refractivity contribution < 1.29 is 4.79 Å². The number of fused-ring (bicyclic) bond motifs is 4. The first kappa shape index (κ1) is 21.9. The number of anilines is 4. The highest BCUT2D eigenvalue weighted by Crippen LogP contribution is 2.42. The summed E-state index contributed by atoms with van der Waals surface area (Å²) in [6.45, 7) is 3.17. The summed E-state index contributed by atoms with van der Waals surface area (Å²) in [7, 11) is 0. The van der Waals surface area contributed by atoms with E-state index in [1.165, 1.54) is 19.3 Å². The number of carbonyl (C=O) groups excluding carboxylic acids is 1. The smallest absolute Gasteiger partial charge is 0.246 e. The van der Waals surface area contributed by atoms with E-state index in [0.29, 0.717) is 18.3 Å². The zero-order valence-electron chi connectivity index (χ0n) is 19.7. The zero-order valence-corrected chi connectivity index (χ0v) is 19.7. The van der Waals surface area contributed by atoms with Gasteiger partial charge >= 0.3 is 0 Å². The molecule has 35 heavy (non-hydrogen) atoms. The summed E-state index contributed by atoms with van der Waals surface area (Å²) >= 11 is 0. The number of pyridine rings is 1. The summed E-state index contributed by atoms with van der Waals surface area (Å²) in [5, 5.41) is 9.72. The van der Waals surface area contributed by atoms with Crippen molar-refractivity contribution in [1.29, 1.82) is 0 Å². The fourth-order valence-corrected chi connectivity index (χ4v) is 5.82. The standard InChI is InChI=1S/C26H30N8O/c1-2-19-16-33(13-12-27-19)20-7-9-22(28-15-20)31-25-29-14-18-6-8-21-24(35)30-17-26(10-4-3-5-11-26)34(21)23(18)32-25/h1,6-9,14-15,19,21,27H,3-5,10-13,16-17H2,(H,30,35)(H,28,29,31,32). The molecule has 2 atom stereocenters. The molecule has 2 aromatic rings. The summed E-state index contributed by atoms with van der Waals surface area (Å²) in [5.74, 6) is 4.79. The summed E-state index contributed by atoms with van der Waals surface area (Å²) < 4.78 is 0. The van der Waals surface area contributed by atoms with Crippen molar-refractivity contribution in [3.05, 3.63) is 36.2 Å². The molecule has 9 nitrogen and oxygen atoms in total. The van der Waals surface area contributed by atoms with E-state index in [9.17, 15) is 4.79 Å². The van der Waals surface area contributed by atoms with Crippen molar-refractivity contribution in [3.63, 3.8) is 0 Å². The number of aromatic nitrogens is 3. The minimum atomic E-state index is -0.333. The van der Waals surface area contributed by atoms with Gasteiger partial charge in [0.15, 0.2) is 0 Å². The largest absolute Gasteiger partial charge is 0.366 e. The number of amides is 1. The van der Waals surface area contributed by atoms with Gasteiger partial charge in [0, 0.05) is 37.9 Å². The van der Waals surface area contributed by atoms with Crippen LogP contribution in [0.25, 0.3) is 6.08 Å². The van der Waals surface area contributed by atoms with Crippen molar-refractivity contribution in [1.82, 2.24) is 25.6 Å². The third-order valence-corrected chi connectivity index (χ3v) is 7.65. The molecule has 0 radical (unpaired) electrons. The molecule has 0 aromatic carbocycles. The number of carbonyl (C=O) groups is 1. The maximum atomic E-state index is 12.8. The van der Waals surface area contributed by atoms with E-state index in [-0.39, 0.29) is 23.5 Å². The van der Waals surface area contributed by atoms with Gasteiger partial charge in [-0.3, -0.25) is 4.79 Å². The number of rotatable bonds is 3. The first-order chi connectivity index (χ1) is 17.1. The van der Waals surface area contributed by atoms with Crippen LogP contribution in [0.2, 0.25) is 0 Å². The van der Waals surface area contributed by atoms with E-state index >= 15 is 0 Å². The molecule has 1 spiro atoms. The SMILES string of the molecule is C#CC1CN(c2ccc(Nc3ncc4c(n3)N3C(C=C4)C(=O)NCC34CCCCC4)nc2)CCN1. The highest BCUT2D eigenvalue weighted by molar-refractivity contribution is 5.93. The lowest BCUT2D eigenvalue weighted by Gasteiger charge is -2.54. The van der Waals surface area contributed by atoms with Crippen molar-refractivity contribution in [2.75, 3.05) is 41.3 Å². The van der Waals surface area contributed by atoms with E-state index in [4.69, 9.17) is 11.4 Å². The molecule has 5 heterocycles. The van der Waals surface area contributed by atoms with Gasteiger partial charge in [0.2, 0.25) is 11.9 Å². The molecule has 6 rings (SSSR count). The Morgan fingerprint density at radius 3 is 2.86 bits per heavy atom. The fourth-order valence-electron chi connectivity index (χ4n) is 5.82. The Morgan fingerprint density at radius 2 is 2.06 bits per heavy atom. The number of piperazine rings is 2. The van der Waals surface area contributed by atoms with Gasteiger partial charge in [0.25, 0.3) is 0 Å². The fraction of sp³-hybridized carbons (Fsp3) is 0.462. The Labute approximate surface area is 205 Å². The number of hydrogen-bond acceptors (Lipinski definition) is 8. The molecule has 1 saturated carbocycles. The van der Waals surface area contributed by atoms with Crippen LogP contribution in [0.3, 0.4) is 0 Å². The van der Waals surface area contributed by atoms with Crippen LogP contribution in [0.15, 0.2) is 30.6 Å². The maximum absolute atomic E-state index is 12.8. The van der Waals surface area contributed by atoms with Gasteiger partial charge in [-0.15, -0.1) is 6.42 Å². The second kappa shape index (κ2) is 8.86. The van der Waals surface area contributed by atoms with Gasteiger partial charge in [-0.05, 0) is 25.0 Å². The Bertz CT molecular complexity index is 1180. The molecule has 9 heteroatoms. The molecule has 3 aliphatic heterocycles. The second-order valence-corrected chi connectivity index (χ2v) is 9.80. The molecular formula is C26H30N8O. The van der Waals surface area contributed by atoms with Crippen molar-refractivity contribution in [2.24, 2.45) is 0 Å². The van der Waals surface area contributed by atoms with Crippen LogP contribution in [0.5, 0.6) is 0 Å². The molecule has 1 aliphatic carbocycles. The monoisotopic (exact) mass is 470 g/mol. The normalized spacial score (nSPS) is 24.8. The second-order valence-electron chi connectivity index (χ2n) is 9.80. The van der Waals surface area contributed by atoms with Crippen LogP contribution in [-0.2, 0) is 4.79 Å². The Balaban J connectivity index is 1.25. The van der Waals surface area contributed by atoms with Gasteiger partial charge in [0.1, 0.15) is 17.7 Å². The average Bonchev–Trinajstić information content (AvgIpc) is 2.91. The lowest BCUT2D eigenvalue weighted by Crippen LogP contribution is -2.69. The Hall–Kier alpha value is -3.64. The third-order valence-electron chi connectivity index (χ3n) is 7.65. The Kier molecular flexibility index (Phi) is 5.53. The third kappa shape index (κ3) is 3.98. The summed E-state index contributed by atoms with van der Waals surface area (Å²) in [5.41, 5.74) is 1.88. The van der Waals surface area contributed by atoms with Crippen LogP contribution in [0, 0.1) is 12.3 Å². The van der Waals surface area contributed by atoms with Crippen molar-refractivity contribution in [3.8, 4) is 12.3 Å². The minimum Gasteiger partial charge on any atom is -0.366 e. The molecule has 1 amide bonds. The quantitative estimate of drug-likeness (QED) is 0.587. The molecule has 2 unspecified atom stereocenters. The molecule has 4 aliphatic rings. The summed E-state index contributed by atoms with van der Waals surface area (Å²) in [6, 6.07) is 3.69. The van der Waals surface area contributed by atoms with Gasteiger partial charge < -0.3 is 25.8 Å². The van der Waals surface area contributed by atoms with E-state index in [1.54, 1.807) is 0 Å². The number of hydrogen-bond donors (Lipinski definition) is 3. The first-order valence-electron chi connectivity index (χ1n) is 12.5. The molecular weight excluding hydrogens is 440 g/mol. The van der Waals surface area contributed by atoms with Crippen LogP contribution in [0.4, 0.5) is 23.3 Å². The number of terminal acetylenes is 1. The minimum absolute atomic E-state index is 0.0356. The number of nitrogens with zero attached hydrogens (tertiary/aromatic N) is 5. The summed E-state index contributed by atoms with van der Waals surface area (Å²) in [6.07, 6.45) is 18.9. The van der Waals surface area contributed by atoms with E-state index < -0.39 is 0 Å². The topological polar surface area (TPSA) is 98.3 Å². The first-order valence-corrected chi connectivity index (χ1v) is 12.5. The highest BCUT2D eigenvalue weighted by atomic mass is 16.2. The molecule has 180 valence electrons. The predicted octanol–water partition coefficient (Wildman–Crippen LogP) is 2.06. The van der Waals surface area contributed by atoms with Crippen molar-refractivity contribution >= 4 is 35.3 Å². The van der Waals surface area contributed by atoms with E-state index in [1.807, 2.05) is 36.7 Å². The molecule has 0 bridgehead atoms. The average molecular weight is 471 g/mol. The van der Waals surface area contributed by atoms with E-state index in [2.05, 4.69) is 41.6 Å². The van der Waals surface area contributed by atoms with Crippen molar-refractivity contribution in [2.45, 2.75) is 49.7 Å². The molecule has 3 fully saturated rings. The number of nitrogens with one attached hydrogen (secondary N) is 3. The van der Waals surface area contributed by atoms with Crippen LogP contribution >= 0.6 is 0 Å². The zero-order chi connectivity index (χ0) is 23.8. The van der Waals surface area contributed by atoms with Crippen LogP contribution in [0.1, 0.15) is 37.7 Å². The summed E-state index contributed by atoms with van der Waals surface area (Å²) in [4.78, 5) is 31.3. The lowest BCUT2D eigenvalue weighted by atomic mass is 9.77. The molecule has 3 N–H and O–H groups in total. The van der Waals surface area contributed by atoms with Gasteiger partial charge in [-0.2, -0.15) is 4.98 Å². The predicted molar refractivity (Wildman–Crippen MR) is 137 cm³/mol. The van der Waals surface area contributed by atoms with Gasteiger partial charge in [-0.25, -0.2) is 9.97 Å². The van der Waals surface area contributed by atoms with Crippen LogP contribution in [-0.4, -0.2) is 64.7 Å². The van der Waals surface area contributed by atoms with E-state index in [0.717, 1.165) is 49.5 Å². The van der Waals surface area contributed by atoms with Gasteiger partial charge in [-0.1, -0.05) is 37.3 Å².